The van der Waals surface area contributed by atoms with Crippen molar-refractivity contribution in [2.75, 3.05) is 6.54 Å². The van der Waals surface area contributed by atoms with Gasteiger partial charge in [0.05, 0.1) is 5.69 Å². The van der Waals surface area contributed by atoms with Crippen molar-refractivity contribution >= 4 is 17.4 Å². The van der Waals surface area contributed by atoms with Crippen molar-refractivity contribution in [2.45, 2.75) is 26.2 Å². The lowest BCUT2D eigenvalue weighted by Crippen LogP contribution is -2.35. The van der Waals surface area contributed by atoms with Crippen molar-refractivity contribution in [3.05, 3.63) is 60.3 Å². The molecule has 1 fully saturated rings. The summed E-state index contributed by atoms with van der Waals surface area (Å²) < 4.78 is 1.92. The number of rotatable bonds is 6. The van der Waals surface area contributed by atoms with Gasteiger partial charge in [-0.2, -0.15) is 5.26 Å². The smallest absolute Gasteiger partial charge is 0.141 e. The van der Waals surface area contributed by atoms with Crippen LogP contribution in [0.1, 0.15) is 37.4 Å². The van der Waals surface area contributed by atoms with Gasteiger partial charge in [0.25, 0.3) is 0 Å². The lowest BCUT2D eigenvalue weighted by molar-refractivity contribution is 0.163. The summed E-state index contributed by atoms with van der Waals surface area (Å²) in [5.41, 5.74) is 4.60. The molecule has 0 atom stereocenters. The monoisotopic (exact) mass is 370 g/mol. The highest BCUT2D eigenvalue weighted by Gasteiger charge is 2.30. The summed E-state index contributed by atoms with van der Waals surface area (Å²) in [6.07, 6.45) is 12.5. The fraction of sp³-hybridized carbons (Fsp3) is 0.273. The van der Waals surface area contributed by atoms with Crippen LogP contribution in [0.25, 0.3) is 22.5 Å². The highest BCUT2D eigenvalue weighted by atomic mass is 15.0. The quantitative estimate of drug-likeness (QED) is 0.641. The summed E-state index contributed by atoms with van der Waals surface area (Å²) in [6, 6.07) is 9.55. The Morgan fingerprint density at radius 3 is 2.93 bits per heavy atom. The third kappa shape index (κ3) is 3.39. The van der Waals surface area contributed by atoms with Crippen LogP contribution < -0.4 is 5.32 Å². The third-order valence-corrected chi connectivity index (χ3v) is 5.49. The number of nitrogens with one attached hydrogen (secondary N) is 2. The van der Waals surface area contributed by atoms with E-state index in [4.69, 9.17) is 5.41 Å². The van der Waals surface area contributed by atoms with Crippen molar-refractivity contribution in [1.29, 1.82) is 10.7 Å². The number of allylic oxidation sites excluding steroid dienone is 1. The van der Waals surface area contributed by atoms with Gasteiger partial charge >= 0.3 is 0 Å². The van der Waals surface area contributed by atoms with Gasteiger partial charge in [0.2, 0.25) is 0 Å². The average Bonchev–Trinajstić information content (AvgIpc) is 3.17. The van der Waals surface area contributed by atoms with Gasteiger partial charge in [0.1, 0.15) is 17.4 Å². The van der Waals surface area contributed by atoms with E-state index in [-0.39, 0.29) is 0 Å². The van der Waals surface area contributed by atoms with Crippen molar-refractivity contribution in [1.82, 2.24) is 19.7 Å². The van der Waals surface area contributed by atoms with E-state index in [1.54, 1.807) is 12.3 Å². The number of imidazole rings is 1. The zero-order valence-electron chi connectivity index (χ0n) is 15.8. The topological polar surface area (TPSA) is 89.9 Å². The average molecular weight is 370 g/mol. The molecule has 0 saturated heterocycles. The van der Waals surface area contributed by atoms with Crippen molar-refractivity contribution in [3.8, 4) is 17.3 Å². The molecule has 0 aromatic carbocycles. The molecule has 0 radical (unpaired) electrons. The minimum Gasteiger partial charge on any atom is -0.390 e. The minimum atomic E-state index is 0.348. The van der Waals surface area contributed by atoms with Crippen molar-refractivity contribution in [3.63, 3.8) is 0 Å². The Bertz CT molecular complexity index is 1100. The molecular formula is C22H22N6. The number of nitrogens with zero attached hydrogens (tertiary/aromatic N) is 4. The fourth-order valence-electron chi connectivity index (χ4n) is 3.59. The van der Waals surface area contributed by atoms with Crippen LogP contribution in [-0.2, 0) is 0 Å². The molecule has 6 nitrogen and oxygen atoms in total. The first kappa shape index (κ1) is 17.9. The molecule has 140 valence electrons. The van der Waals surface area contributed by atoms with E-state index in [9.17, 15) is 5.26 Å². The first-order chi connectivity index (χ1) is 13.6. The normalized spacial score (nSPS) is 15.6. The van der Waals surface area contributed by atoms with Crippen LogP contribution in [0.5, 0.6) is 0 Å². The number of hydrogen-bond donors (Lipinski definition) is 2. The van der Waals surface area contributed by atoms with Gasteiger partial charge in [-0.05, 0) is 42.5 Å². The Labute approximate surface area is 164 Å². The maximum atomic E-state index is 9.30. The van der Waals surface area contributed by atoms with Gasteiger partial charge in [0, 0.05) is 54.2 Å². The Balaban J connectivity index is 1.72. The van der Waals surface area contributed by atoms with E-state index in [0.717, 1.165) is 28.9 Å². The van der Waals surface area contributed by atoms with Gasteiger partial charge in [-0.25, -0.2) is 9.97 Å². The summed E-state index contributed by atoms with van der Waals surface area (Å²) in [4.78, 5) is 8.87. The summed E-state index contributed by atoms with van der Waals surface area (Å²) in [7, 11) is 0. The molecule has 3 aromatic heterocycles. The van der Waals surface area contributed by atoms with Crippen LogP contribution in [0.4, 0.5) is 0 Å². The molecular weight excluding hydrogens is 348 g/mol. The zero-order valence-corrected chi connectivity index (χ0v) is 15.8. The van der Waals surface area contributed by atoms with Crippen LogP contribution in [0.15, 0.2) is 49.1 Å². The Morgan fingerprint density at radius 1 is 1.36 bits per heavy atom. The molecule has 1 saturated carbocycles. The Kier molecular flexibility index (Phi) is 4.66. The molecule has 1 aliphatic rings. The summed E-state index contributed by atoms with van der Waals surface area (Å²) >= 11 is 0. The van der Waals surface area contributed by atoms with Crippen molar-refractivity contribution < 1.29 is 0 Å². The van der Waals surface area contributed by atoms with E-state index in [2.05, 4.69) is 28.3 Å². The molecule has 3 heterocycles. The molecule has 0 amide bonds. The molecule has 1 aliphatic carbocycles. The minimum absolute atomic E-state index is 0.348. The van der Waals surface area contributed by atoms with Gasteiger partial charge < -0.3 is 15.1 Å². The van der Waals surface area contributed by atoms with E-state index in [1.165, 1.54) is 25.5 Å². The maximum absolute atomic E-state index is 9.30. The van der Waals surface area contributed by atoms with Gasteiger partial charge in [0.15, 0.2) is 0 Å². The molecule has 0 aliphatic heterocycles. The first-order valence-corrected chi connectivity index (χ1v) is 9.40. The SMILES string of the molecule is CC1(CN/C=C(\C=N)c2ccc(C#N)nc2-c2ccn3ccnc3c2)CCC1. The molecule has 6 heteroatoms. The van der Waals surface area contributed by atoms with Crippen molar-refractivity contribution in [2.24, 2.45) is 5.41 Å². The highest BCUT2D eigenvalue weighted by Crippen LogP contribution is 2.39. The summed E-state index contributed by atoms with van der Waals surface area (Å²) in [5, 5.41) is 20.6. The van der Waals surface area contributed by atoms with E-state index < -0.39 is 0 Å². The molecule has 0 bridgehead atoms. The second-order valence-corrected chi connectivity index (χ2v) is 7.60. The second-order valence-electron chi connectivity index (χ2n) is 7.60. The lowest BCUT2D eigenvalue weighted by Gasteiger charge is -2.38. The van der Waals surface area contributed by atoms with Crippen LogP contribution >= 0.6 is 0 Å². The Hall–Kier alpha value is -3.46. The number of hydrogen-bond acceptors (Lipinski definition) is 5. The van der Waals surface area contributed by atoms with Crippen LogP contribution in [0.2, 0.25) is 0 Å². The molecule has 28 heavy (non-hydrogen) atoms. The number of nitriles is 1. The van der Waals surface area contributed by atoms with E-state index >= 15 is 0 Å². The predicted molar refractivity (Wildman–Crippen MR) is 110 cm³/mol. The first-order valence-electron chi connectivity index (χ1n) is 9.40. The van der Waals surface area contributed by atoms with E-state index in [0.29, 0.717) is 16.8 Å². The molecule has 2 N–H and O–H groups in total. The van der Waals surface area contributed by atoms with E-state index in [1.807, 2.05) is 41.2 Å². The molecule has 3 aromatic rings. The largest absolute Gasteiger partial charge is 0.390 e. The summed E-state index contributed by atoms with van der Waals surface area (Å²) in [5.74, 6) is 0. The zero-order chi connectivity index (χ0) is 19.6. The predicted octanol–water partition coefficient (Wildman–Crippen LogP) is 4.04. The molecule has 4 rings (SSSR count). The summed E-state index contributed by atoms with van der Waals surface area (Å²) in [6.45, 7) is 3.18. The second kappa shape index (κ2) is 7.28. The Morgan fingerprint density at radius 2 is 2.21 bits per heavy atom. The van der Waals surface area contributed by atoms with Gasteiger partial charge in [-0.1, -0.05) is 13.3 Å². The highest BCUT2D eigenvalue weighted by molar-refractivity contribution is 6.10. The fourth-order valence-corrected chi connectivity index (χ4v) is 3.59. The van der Waals surface area contributed by atoms with Crippen LogP contribution in [0, 0.1) is 22.2 Å². The van der Waals surface area contributed by atoms with Gasteiger partial charge in [-0.3, -0.25) is 0 Å². The molecule has 0 unspecified atom stereocenters. The maximum Gasteiger partial charge on any atom is 0.141 e. The number of fused-ring (bicyclic) bond motifs is 1. The lowest BCUT2D eigenvalue weighted by atomic mass is 9.70. The standard InChI is InChI=1S/C22H22N6/c1-22(6-2-7-22)15-25-14-17(12-23)19-4-3-18(13-24)27-21(19)16-5-9-28-10-8-26-20(28)11-16/h3-5,8-12,14,23,25H,2,6-7,15H2,1H3/b17-14+,23-12?. The van der Waals surface area contributed by atoms with Crippen LogP contribution in [0.3, 0.4) is 0 Å². The number of pyridine rings is 2. The number of aromatic nitrogens is 3. The van der Waals surface area contributed by atoms with Crippen LogP contribution in [-0.4, -0.2) is 27.1 Å². The molecule has 0 spiro atoms. The third-order valence-electron chi connectivity index (χ3n) is 5.49. The van der Waals surface area contributed by atoms with Gasteiger partial charge in [-0.15, -0.1) is 0 Å².